The van der Waals surface area contributed by atoms with Crippen molar-refractivity contribution in [2.45, 2.75) is 6.42 Å². The van der Waals surface area contributed by atoms with Crippen LogP contribution in [-0.2, 0) is 6.42 Å². The first-order valence-corrected chi connectivity index (χ1v) is 7.97. The van der Waals surface area contributed by atoms with Crippen LogP contribution in [0.15, 0.2) is 35.7 Å². The zero-order chi connectivity index (χ0) is 15.9. The molecule has 1 amide bonds. The summed E-state index contributed by atoms with van der Waals surface area (Å²) in [5, 5.41) is 4.70. The maximum atomic E-state index is 11.9. The molecule has 0 aliphatic carbocycles. The molecule has 0 bridgehead atoms. The van der Waals surface area contributed by atoms with Gasteiger partial charge in [-0.1, -0.05) is 24.4 Å². The van der Waals surface area contributed by atoms with Gasteiger partial charge < -0.3 is 14.8 Å². The van der Waals surface area contributed by atoms with E-state index in [-0.39, 0.29) is 5.91 Å². The molecule has 0 spiro atoms. The van der Waals surface area contributed by atoms with E-state index in [9.17, 15) is 4.79 Å². The molecule has 0 atom stereocenters. The van der Waals surface area contributed by atoms with Crippen molar-refractivity contribution in [1.82, 2.24) is 5.32 Å². The fourth-order valence-electron chi connectivity index (χ4n) is 2.04. The molecule has 6 heteroatoms. The summed E-state index contributed by atoms with van der Waals surface area (Å²) in [6.07, 6.45) is 0.507. The van der Waals surface area contributed by atoms with Gasteiger partial charge in [-0.2, -0.15) is 0 Å². The lowest BCUT2D eigenvalue weighted by Crippen LogP contribution is -2.29. The van der Waals surface area contributed by atoms with Crippen LogP contribution in [0.2, 0.25) is 0 Å². The number of hydrogen-bond acceptors (Lipinski definition) is 5. The highest BCUT2D eigenvalue weighted by molar-refractivity contribution is 7.80. The van der Waals surface area contributed by atoms with Crippen LogP contribution in [0.1, 0.15) is 15.2 Å². The Kier molecular flexibility index (Phi) is 5.91. The average Bonchev–Trinajstić information content (AvgIpc) is 3.07. The van der Waals surface area contributed by atoms with E-state index in [0.29, 0.717) is 22.7 Å². The minimum atomic E-state index is -0.107. The van der Waals surface area contributed by atoms with Crippen LogP contribution in [0, 0.1) is 0 Å². The molecule has 116 valence electrons. The number of carbonyl (C=O) groups is 1. The zero-order valence-corrected chi connectivity index (χ0v) is 14.1. The van der Waals surface area contributed by atoms with Crippen molar-refractivity contribution in [2.24, 2.45) is 0 Å². The highest BCUT2D eigenvalue weighted by Crippen LogP contribution is 2.28. The van der Waals surface area contributed by atoms with E-state index in [2.05, 4.69) is 5.32 Å². The molecule has 22 heavy (non-hydrogen) atoms. The molecule has 0 aliphatic heterocycles. The maximum absolute atomic E-state index is 11.9. The molecule has 1 aromatic heterocycles. The summed E-state index contributed by atoms with van der Waals surface area (Å²) in [6.45, 7) is 0.341. The fourth-order valence-corrected chi connectivity index (χ4v) is 2.89. The monoisotopic (exact) mass is 335 g/mol. The predicted molar refractivity (Wildman–Crippen MR) is 92.5 cm³/mol. The van der Waals surface area contributed by atoms with Crippen molar-refractivity contribution in [1.29, 1.82) is 0 Å². The van der Waals surface area contributed by atoms with Gasteiger partial charge in [0.05, 0.1) is 19.1 Å². The number of methoxy groups -OCH3 is 2. The number of benzene rings is 1. The van der Waals surface area contributed by atoms with E-state index in [1.54, 1.807) is 20.3 Å². The quantitative estimate of drug-likeness (QED) is 0.790. The van der Waals surface area contributed by atoms with Gasteiger partial charge in [0.25, 0.3) is 5.91 Å². The van der Waals surface area contributed by atoms with Crippen LogP contribution in [0.5, 0.6) is 11.5 Å². The Balaban J connectivity index is 1.99. The maximum Gasteiger partial charge on any atom is 0.261 e. The molecule has 0 saturated heterocycles. The van der Waals surface area contributed by atoms with Gasteiger partial charge in [-0.15, -0.1) is 11.3 Å². The number of thiophene rings is 1. The highest BCUT2D eigenvalue weighted by Gasteiger charge is 2.13. The topological polar surface area (TPSA) is 47.6 Å². The molecule has 1 aromatic carbocycles. The van der Waals surface area contributed by atoms with E-state index in [1.165, 1.54) is 11.3 Å². The standard InChI is InChI=1S/C16H17NO3S2/c1-19-13-5-3-6-14(20-2)12(13)9-11(21)10-17-16(18)15-7-4-8-22-15/h3-8H,9-10H2,1-2H3,(H,17,18). The molecule has 0 unspecified atom stereocenters. The van der Waals surface area contributed by atoms with Gasteiger partial charge in [0.1, 0.15) is 11.5 Å². The molecular formula is C16H17NO3S2. The Hall–Kier alpha value is -1.92. The van der Waals surface area contributed by atoms with E-state index in [1.807, 2.05) is 29.6 Å². The number of ether oxygens (including phenoxy) is 2. The first kappa shape index (κ1) is 16.5. The van der Waals surface area contributed by atoms with Gasteiger partial charge in [-0.25, -0.2) is 0 Å². The zero-order valence-electron chi connectivity index (χ0n) is 12.4. The third-order valence-corrected chi connectivity index (χ3v) is 4.25. The van der Waals surface area contributed by atoms with Crippen LogP contribution in [0.25, 0.3) is 0 Å². The Morgan fingerprint density at radius 3 is 2.41 bits per heavy atom. The molecular weight excluding hydrogens is 318 g/mol. The van der Waals surface area contributed by atoms with Crippen molar-refractivity contribution in [3.63, 3.8) is 0 Å². The van der Waals surface area contributed by atoms with Crippen molar-refractivity contribution in [3.8, 4) is 11.5 Å². The average molecular weight is 335 g/mol. The Labute approximate surface area is 139 Å². The number of amides is 1. The number of carbonyl (C=O) groups excluding carboxylic acids is 1. The summed E-state index contributed by atoms with van der Waals surface area (Å²) in [5.74, 6) is 1.35. The van der Waals surface area contributed by atoms with Crippen LogP contribution in [0.3, 0.4) is 0 Å². The molecule has 2 rings (SSSR count). The van der Waals surface area contributed by atoms with Crippen molar-refractivity contribution >= 4 is 34.3 Å². The van der Waals surface area contributed by atoms with E-state index >= 15 is 0 Å². The van der Waals surface area contributed by atoms with Gasteiger partial charge in [-0.05, 0) is 23.6 Å². The van der Waals surface area contributed by atoms with E-state index < -0.39 is 0 Å². The molecule has 4 nitrogen and oxygen atoms in total. The van der Waals surface area contributed by atoms with Crippen LogP contribution in [0.4, 0.5) is 0 Å². The van der Waals surface area contributed by atoms with Gasteiger partial charge in [-0.3, -0.25) is 4.79 Å². The van der Waals surface area contributed by atoms with Crippen LogP contribution in [-0.4, -0.2) is 31.5 Å². The lowest BCUT2D eigenvalue weighted by molar-refractivity contribution is 0.0963. The minimum Gasteiger partial charge on any atom is -0.496 e. The lowest BCUT2D eigenvalue weighted by Gasteiger charge is -2.13. The van der Waals surface area contributed by atoms with Gasteiger partial charge >= 0.3 is 0 Å². The van der Waals surface area contributed by atoms with E-state index in [4.69, 9.17) is 21.7 Å². The SMILES string of the molecule is COc1cccc(OC)c1CC(=S)CNC(=O)c1cccs1. The molecule has 0 radical (unpaired) electrons. The molecule has 0 fully saturated rings. The Morgan fingerprint density at radius 1 is 1.18 bits per heavy atom. The first-order valence-electron chi connectivity index (χ1n) is 6.69. The normalized spacial score (nSPS) is 10.1. The lowest BCUT2D eigenvalue weighted by atomic mass is 10.1. The van der Waals surface area contributed by atoms with Crippen LogP contribution >= 0.6 is 23.6 Å². The second-order valence-electron chi connectivity index (χ2n) is 4.52. The second-order valence-corrected chi connectivity index (χ2v) is 6.04. The van der Waals surface area contributed by atoms with Crippen LogP contribution < -0.4 is 14.8 Å². The summed E-state index contributed by atoms with van der Waals surface area (Å²) in [4.78, 5) is 13.3. The molecule has 1 heterocycles. The number of hydrogen-bond donors (Lipinski definition) is 1. The summed E-state index contributed by atoms with van der Waals surface area (Å²) in [7, 11) is 3.22. The van der Waals surface area contributed by atoms with Crippen molar-refractivity contribution < 1.29 is 14.3 Å². The second kappa shape index (κ2) is 7.91. The molecule has 0 aliphatic rings. The smallest absolute Gasteiger partial charge is 0.261 e. The third-order valence-electron chi connectivity index (χ3n) is 3.09. The number of thiocarbonyl (C=S) groups is 1. The first-order chi connectivity index (χ1) is 10.7. The summed E-state index contributed by atoms with van der Waals surface area (Å²) in [6, 6.07) is 9.22. The fraction of sp³-hybridized carbons (Fsp3) is 0.250. The largest absolute Gasteiger partial charge is 0.496 e. The Bertz CT molecular complexity index is 631. The summed E-state index contributed by atoms with van der Waals surface area (Å²) in [5.41, 5.74) is 0.892. The summed E-state index contributed by atoms with van der Waals surface area (Å²) >= 11 is 6.78. The molecule has 0 saturated carbocycles. The molecule has 1 N–H and O–H groups in total. The van der Waals surface area contributed by atoms with Gasteiger partial charge in [0.15, 0.2) is 0 Å². The highest BCUT2D eigenvalue weighted by atomic mass is 32.1. The van der Waals surface area contributed by atoms with Crippen molar-refractivity contribution in [2.75, 3.05) is 20.8 Å². The van der Waals surface area contributed by atoms with Gasteiger partial charge in [0, 0.05) is 23.4 Å². The number of nitrogens with one attached hydrogen (secondary N) is 1. The van der Waals surface area contributed by atoms with Crippen molar-refractivity contribution in [3.05, 3.63) is 46.2 Å². The predicted octanol–water partition coefficient (Wildman–Crippen LogP) is 3.11. The Morgan fingerprint density at radius 2 is 1.86 bits per heavy atom. The third kappa shape index (κ3) is 4.05. The summed E-state index contributed by atoms with van der Waals surface area (Å²) < 4.78 is 10.7. The van der Waals surface area contributed by atoms with E-state index in [0.717, 1.165) is 17.1 Å². The minimum absolute atomic E-state index is 0.107. The van der Waals surface area contributed by atoms with Gasteiger partial charge in [0.2, 0.25) is 0 Å². The molecule has 2 aromatic rings. The number of rotatable bonds is 7.